The van der Waals surface area contributed by atoms with Crippen LogP contribution in [0.1, 0.15) is 44.4 Å². The number of anilines is 1. The van der Waals surface area contributed by atoms with E-state index < -0.39 is 51.7 Å². The highest BCUT2D eigenvalue weighted by atomic mass is 79.9. The van der Waals surface area contributed by atoms with Gasteiger partial charge in [-0.05, 0) is 82.6 Å². The Morgan fingerprint density at radius 2 is 1.57 bits per heavy atom. The summed E-state index contributed by atoms with van der Waals surface area (Å²) < 4.78 is 69.9. The van der Waals surface area contributed by atoms with Crippen molar-refractivity contribution >= 4 is 43.5 Å². The van der Waals surface area contributed by atoms with Gasteiger partial charge in [0.25, 0.3) is 10.0 Å². The second-order valence-corrected chi connectivity index (χ2v) is 13.7. The number of aryl methyl sites for hydroxylation is 1. The molecule has 0 saturated heterocycles. The van der Waals surface area contributed by atoms with Crippen molar-refractivity contribution < 1.29 is 31.2 Å². The largest absolute Gasteiger partial charge is 0.416 e. The first-order valence-corrected chi connectivity index (χ1v) is 15.2. The molecule has 0 aliphatic carbocycles. The Hall–Kier alpha value is -3.38. The second kappa shape index (κ2) is 12.9. The van der Waals surface area contributed by atoms with Crippen LogP contribution in [-0.2, 0) is 32.3 Å². The number of carbonyl (C=O) groups excluding carboxylic acids is 2. The first-order chi connectivity index (χ1) is 19.4. The molecule has 0 aromatic heterocycles. The molecule has 12 heteroatoms. The fourth-order valence-corrected chi connectivity index (χ4v) is 5.94. The number of benzene rings is 3. The molecule has 0 aliphatic rings. The van der Waals surface area contributed by atoms with E-state index in [-0.39, 0.29) is 17.1 Å². The number of sulfonamides is 1. The topological polar surface area (TPSA) is 86.8 Å². The van der Waals surface area contributed by atoms with Gasteiger partial charge in [-0.25, -0.2) is 8.42 Å². The van der Waals surface area contributed by atoms with Gasteiger partial charge in [0.2, 0.25) is 11.8 Å². The number of nitrogens with one attached hydrogen (secondary N) is 1. The maximum Gasteiger partial charge on any atom is 0.416 e. The number of carbonyl (C=O) groups is 2. The van der Waals surface area contributed by atoms with Gasteiger partial charge in [-0.2, -0.15) is 13.2 Å². The van der Waals surface area contributed by atoms with E-state index in [1.54, 1.807) is 64.1 Å². The fraction of sp³-hybridized carbons (Fsp3) is 0.333. The van der Waals surface area contributed by atoms with Crippen LogP contribution in [0.2, 0.25) is 0 Å². The average Bonchev–Trinajstić information content (AvgIpc) is 2.88. The molecule has 2 amide bonds. The van der Waals surface area contributed by atoms with Crippen LogP contribution in [0.15, 0.2) is 82.2 Å². The van der Waals surface area contributed by atoms with Crippen molar-refractivity contribution in [2.75, 3.05) is 10.8 Å². The summed E-state index contributed by atoms with van der Waals surface area (Å²) in [6, 6.07) is 15.5. The van der Waals surface area contributed by atoms with Crippen LogP contribution in [0.3, 0.4) is 0 Å². The summed E-state index contributed by atoms with van der Waals surface area (Å²) in [5, 5.41) is 2.82. The predicted molar refractivity (Wildman–Crippen MR) is 159 cm³/mol. The monoisotopic (exact) mass is 667 g/mol. The van der Waals surface area contributed by atoms with E-state index in [0.717, 1.165) is 22.2 Å². The molecular weight excluding hydrogens is 635 g/mol. The van der Waals surface area contributed by atoms with E-state index in [1.807, 2.05) is 0 Å². The minimum atomic E-state index is -4.74. The summed E-state index contributed by atoms with van der Waals surface area (Å²) in [6.45, 7) is 7.70. The molecule has 3 aromatic rings. The maximum absolute atomic E-state index is 13.9. The predicted octanol–water partition coefficient (Wildman–Crippen LogP) is 6.30. The number of hydrogen-bond donors (Lipinski definition) is 1. The first kappa shape index (κ1) is 33.1. The second-order valence-electron chi connectivity index (χ2n) is 10.9. The van der Waals surface area contributed by atoms with Crippen LogP contribution < -0.4 is 9.62 Å². The Morgan fingerprint density at radius 3 is 2.14 bits per heavy atom. The van der Waals surface area contributed by atoms with Crippen LogP contribution in [0.25, 0.3) is 0 Å². The summed E-state index contributed by atoms with van der Waals surface area (Å²) in [4.78, 5) is 28.1. The van der Waals surface area contributed by atoms with Gasteiger partial charge >= 0.3 is 6.18 Å². The highest BCUT2D eigenvalue weighted by molar-refractivity contribution is 9.10. The smallest absolute Gasteiger partial charge is 0.350 e. The van der Waals surface area contributed by atoms with E-state index in [4.69, 9.17) is 0 Å². The molecule has 0 unspecified atom stereocenters. The van der Waals surface area contributed by atoms with Gasteiger partial charge in [-0.1, -0.05) is 51.8 Å². The van der Waals surface area contributed by atoms with Crippen LogP contribution in [0.4, 0.5) is 18.9 Å². The lowest BCUT2D eigenvalue weighted by molar-refractivity contribution is -0.140. The first-order valence-electron chi connectivity index (χ1n) is 13.0. The van der Waals surface area contributed by atoms with Crippen molar-refractivity contribution in [2.45, 2.75) is 63.8 Å². The number of alkyl halides is 3. The highest BCUT2D eigenvalue weighted by Gasteiger charge is 2.35. The molecule has 0 fully saturated rings. The van der Waals surface area contributed by atoms with Gasteiger partial charge < -0.3 is 10.2 Å². The average molecular weight is 669 g/mol. The molecule has 3 rings (SSSR count). The van der Waals surface area contributed by atoms with E-state index in [9.17, 15) is 31.2 Å². The molecule has 1 atom stereocenters. The highest BCUT2D eigenvalue weighted by Crippen LogP contribution is 2.33. The SMILES string of the molecule is Cc1ccc(S(=O)(=O)N(CC(=O)N(Cc2cccc(Br)c2)[C@@H](C)C(=O)NC(C)(C)C)c2cccc(C(F)(F)F)c2)cc1. The molecule has 42 heavy (non-hydrogen) atoms. The quantitative estimate of drug-likeness (QED) is 0.290. The molecule has 1 N–H and O–H groups in total. The fourth-order valence-electron chi connectivity index (χ4n) is 4.09. The van der Waals surface area contributed by atoms with Crippen molar-refractivity contribution in [1.29, 1.82) is 0 Å². The standard InChI is InChI=1S/C30H33BrF3N3O4S/c1-20-12-14-26(15-13-20)42(40,41)37(25-11-7-9-23(17-25)30(32,33)34)19-27(38)36(18-22-8-6-10-24(31)16-22)21(2)28(39)35-29(3,4)5/h6-17,21H,18-19H2,1-5H3,(H,35,39)/t21-/m0/s1. The van der Waals surface area contributed by atoms with E-state index >= 15 is 0 Å². The molecule has 0 heterocycles. The Kier molecular flexibility index (Phi) is 10.1. The summed E-state index contributed by atoms with van der Waals surface area (Å²) in [5.74, 6) is -1.25. The molecule has 7 nitrogen and oxygen atoms in total. The number of nitrogens with zero attached hydrogens (tertiary/aromatic N) is 2. The Labute approximate surface area is 252 Å². The zero-order valence-electron chi connectivity index (χ0n) is 23.9. The Morgan fingerprint density at radius 1 is 0.952 bits per heavy atom. The van der Waals surface area contributed by atoms with Crippen molar-refractivity contribution in [2.24, 2.45) is 0 Å². The zero-order chi connectivity index (χ0) is 31.5. The van der Waals surface area contributed by atoms with Gasteiger partial charge in [-0.15, -0.1) is 0 Å². The van der Waals surface area contributed by atoms with Gasteiger partial charge in [0.05, 0.1) is 16.1 Å². The molecule has 0 aliphatic heterocycles. The third-order valence-corrected chi connectivity index (χ3v) is 8.54. The van der Waals surface area contributed by atoms with Gasteiger partial charge in [0, 0.05) is 16.6 Å². The minimum Gasteiger partial charge on any atom is -0.350 e. The van der Waals surface area contributed by atoms with Crippen molar-refractivity contribution in [1.82, 2.24) is 10.2 Å². The molecule has 0 radical (unpaired) electrons. The molecular formula is C30H33BrF3N3O4S. The Balaban J connectivity index is 2.10. The molecule has 226 valence electrons. The lowest BCUT2D eigenvalue weighted by Gasteiger charge is -2.33. The van der Waals surface area contributed by atoms with E-state index in [2.05, 4.69) is 21.2 Å². The third kappa shape index (κ3) is 8.57. The number of rotatable bonds is 9. The number of amides is 2. The maximum atomic E-state index is 13.9. The Bertz CT molecular complexity index is 1540. The number of halogens is 4. The summed E-state index contributed by atoms with van der Waals surface area (Å²) in [6.07, 6.45) is -4.74. The summed E-state index contributed by atoms with van der Waals surface area (Å²) >= 11 is 3.38. The number of hydrogen-bond acceptors (Lipinski definition) is 4. The van der Waals surface area contributed by atoms with Gasteiger partial charge in [0.1, 0.15) is 12.6 Å². The minimum absolute atomic E-state index is 0.0575. The van der Waals surface area contributed by atoms with Crippen molar-refractivity contribution in [3.63, 3.8) is 0 Å². The van der Waals surface area contributed by atoms with Gasteiger partial charge in [-0.3, -0.25) is 13.9 Å². The van der Waals surface area contributed by atoms with Crippen molar-refractivity contribution in [3.8, 4) is 0 Å². The summed E-state index contributed by atoms with van der Waals surface area (Å²) in [7, 11) is -4.51. The van der Waals surface area contributed by atoms with Crippen LogP contribution in [0.5, 0.6) is 0 Å². The molecule has 3 aromatic carbocycles. The van der Waals surface area contributed by atoms with Crippen LogP contribution >= 0.6 is 15.9 Å². The summed E-state index contributed by atoms with van der Waals surface area (Å²) in [5.41, 5.74) is -0.600. The van der Waals surface area contributed by atoms with E-state index in [1.165, 1.54) is 30.0 Å². The lowest BCUT2D eigenvalue weighted by atomic mass is 10.1. The van der Waals surface area contributed by atoms with Crippen molar-refractivity contribution in [3.05, 3.63) is 94.0 Å². The molecule has 0 bridgehead atoms. The third-order valence-electron chi connectivity index (χ3n) is 6.26. The van der Waals surface area contributed by atoms with Gasteiger partial charge in [0.15, 0.2) is 0 Å². The normalized spacial score (nSPS) is 12.9. The van der Waals surface area contributed by atoms with Crippen LogP contribution in [-0.4, -0.2) is 43.3 Å². The lowest BCUT2D eigenvalue weighted by Crippen LogP contribution is -2.54. The molecule has 0 spiro atoms. The molecule has 0 saturated carbocycles. The zero-order valence-corrected chi connectivity index (χ0v) is 26.3. The van der Waals surface area contributed by atoms with Crippen LogP contribution in [0, 0.1) is 6.92 Å². The van der Waals surface area contributed by atoms with E-state index in [0.29, 0.717) is 15.9 Å².